The van der Waals surface area contributed by atoms with Gasteiger partial charge in [0.2, 0.25) is 0 Å². The van der Waals surface area contributed by atoms with Gasteiger partial charge in [-0.3, -0.25) is 19.5 Å². The van der Waals surface area contributed by atoms with Crippen LogP contribution in [0.15, 0.2) is 80.1 Å². The van der Waals surface area contributed by atoms with E-state index in [9.17, 15) is 19.7 Å². The molecule has 2 aromatic heterocycles. The molecule has 0 N–H and O–H groups in total. The summed E-state index contributed by atoms with van der Waals surface area (Å²) in [6.45, 7) is 9.18. The number of thiazole rings is 1. The molecular formula is C31H29N3O7S. The van der Waals surface area contributed by atoms with Crippen LogP contribution in [0.4, 0.5) is 5.69 Å². The summed E-state index contributed by atoms with van der Waals surface area (Å²) in [4.78, 5) is 43.4. The first-order valence-electron chi connectivity index (χ1n) is 13.4. The van der Waals surface area contributed by atoms with Gasteiger partial charge in [0.05, 0.1) is 39.0 Å². The van der Waals surface area contributed by atoms with Gasteiger partial charge in [0.15, 0.2) is 4.80 Å². The van der Waals surface area contributed by atoms with Crippen molar-refractivity contribution in [1.29, 1.82) is 0 Å². The van der Waals surface area contributed by atoms with Crippen molar-refractivity contribution in [3.8, 4) is 17.1 Å². The molecule has 10 nitrogen and oxygen atoms in total. The third kappa shape index (κ3) is 5.42. The minimum absolute atomic E-state index is 0.0699. The van der Waals surface area contributed by atoms with Crippen molar-refractivity contribution in [3.63, 3.8) is 0 Å². The summed E-state index contributed by atoms with van der Waals surface area (Å²) in [6.07, 6.45) is 1.43. The first kappa shape index (κ1) is 28.7. The van der Waals surface area contributed by atoms with E-state index in [1.165, 1.54) is 10.6 Å². The van der Waals surface area contributed by atoms with E-state index in [0.717, 1.165) is 16.9 Å². The van der Waals surface area contributed by atoms with E-state index in [1.807, 2.05) is 32.0 Å². The third-order valence-corrected chi connectivity index (χ3v) is 7.59. The van der Waals surface area contributed by atoms with Crippen LogP contribution in [0.1, 0.15) is 50.6 Å². The van der Waals surface area contributed by atoms with Crippen molar-refractivity contribution < 1.29 is 23.6 Å². The average molecular weight is 588 g/mol. The maximum atomic E-state index is 14.0. The zero-order valence-electron chi connectivity index (χ0n) is 23.7. The van der Waals surface area contributed by atoms with Crippen molar-refractivity contribution in [1.82, 2.24) is 4.57 Å². The van der Waals surface area contributed by atoms with Gasteiger partial charge in [-0.25, -0.2) is 9.79 Å². The lowest BCUT2D eigenvalue weighted by Crippen LogP contribution is -2.40. The van der Waals surface area contributed by atoms with Gasteiger partial charge in [0, 0.05) is 17.7 Å². The number of para-hydroxylation sites is 1. The molecule has 42 heavy (non-hydrogen) atoms. The zero-order chi connectivity index (χ0) is 30.1. The number of ether oxygens (including phenoxy) is 2. The summed E-state index contributed by atoms with van der Waals surface area (Å²) in [6, 6.07) is 14.6. The lowest BCUT2D eigenvalue weighted by molar-refractivity contribution is -0.384. The molecule has 0 saturated heterocycles. The number of nitrogens with zero attached hydrogens (tertiary/aromatic N) is 3. The van der Waals surface area contributed by atoms with Gasteiger partial charge < -0.3 is 13.9 Å². The summed E-state index contributed by atoms with van der Waals surface area (Å²) >= 11 is 1.15. The normalized spacial score (nSPS) is 15.0. The zero-order valence-corrected chi connectivity index (χ0v) is 24.6. The Labute approximate surface area is 245 Å². The molecule has 0 radical (unpaired) electrons. The molecule has 11 heteroatoms. The minimum Gasteiger partial charge on any atom is -0.491 e. The van der Waals surface area contributed by atoms with E-state index in [2.05, 4.69) is 4.99 Å². The summed E-state index contributed by atoms with van der Waals surface area (Å²) in [5.41, 5.74) is 1.97. The average Bonchev–Trinajstić information content (AvgIpc) is 3.52. The molecule has 2 aromatic carbocycles. The van der Waals surface area contributed by atoms with Crippen molar-refractivity contribution in [2.45, 2.75) is 46.8 Å². The smallest absolute Gasteiger partial charge is 0.338 e. The Bertz CT molecular complexity index is 1910. The topological polar surface area (TPSA) is 126 Å². The van der Waals surface area contributed by atoms with E-state index >= 15 is 0 Å². The molecule has 0 spiro atoms. The monoisotopic (exact) mass is 587 g/mol. The second-order valence-electron chi connectivity index (χ2n) is 9.99. The highest BCUT2D eigenvalue weighted by atomic mass is 32.1. The van der Waals surface area contributed by atoms with Crippen LogP contribution in [0, 0.1) is 17.0 Å². The van der Waals surface area contributed by atoms with Gasteiger partial charge >= 0.3 is 5.97 Å². The largest absolute Gasteiger partial charge is 0.491 e. The molecule has 1 atom stereocenters. The number of aryl methyl sites for hydroxylation is 1. The van der Waals surface area contributed by atoms with Gasteiger partial charge in [0.1, 0.15) is 23.3 Å². The second-order valence-corrected chi connectivity index (χ2v) is 11.0. The van der Waals surface area contributed by atoms with E-state index in [1.54, 1.807) is 57.2 Å². The van der Waals surface area contributed by atoms with Gasteiger partial charge in [-0.2, -0.15) is 0 Å². The van der Waals surface area contributed by atoms with Crippen LogP contribution in [0.5, 0.6) is 5.75 Å². The van der Waals surface area contributed by atoms with E-state index in [4.69, 9.17) is 13.9 Å². The van der Waals surface area contributed by atoms with E-state index in [0.29, 0.717) is 43.4 Å². The fraction of sp³-hybridized carbons (Fsp3) is 0.258. The second kappa shape index (κ2) is 11.6. The predicted octanol–water partition coefficient (Wildman–Crippen LogP) is 5.06. The lowest BCUT2D eigenvalue weighted by Gasteiger charge is -2.26. The molecule has 0 bridgehead atoms. The molecule has 1 aliphatic rings. The molecule has 216 valence electrons. The van der Waals surface area contributed by atoms with E-state index in [-0.39, 0.29) is 29.5 Å². The van der Waals surface area contributed by atoms with Crippen molar-refractivity contribution in [2.75, 3.05) is 6.61 Å². The number of carbonyl (C=O) groups excluding carboxylic acids is 1. The van der Waals surface area contributed by atoms with Crippen molar-refractivity contribution in [3.05, 3.63) is 113 Å². The molecule has 0 amide bonds. The number of benzene rings is 2. The number of aromatic nitrogens is 1. The number of furan rings is 1. The van der Waals surface area contributed by atoms with Crippen LogP contribution in [-0.2, 0) is 9.53 Å². The highest BCUT2D eigenvalue weighted by Gasteiger charge is 2.35. The molecule has 4 aromatic rings. The highest BCUT2D eigenvalue weighted by Crippen LogP contribution is 2.36. The first-order chi connectivity index (χ1) is 20.1. The quantitative estimate of drug-likeness (QED) is 0.160. The molecule has 5 rings (SSSR count). The molecule has 3 heterocycles. The number of nitro benzene ring substituents is 1. The van der Waals surface area contributed by atoms with Crippen LogP contribution >= 0.6 is 11.3 Å². The van der Waals surface area contributed by atoms with Crippen LogP contribution in [0.2, 0.25) is 0 Å². The Kier molecular flexibility index (Phi) is 7.95. The molecular weight excluding hydrogens is 558 g/mol. The van der Waals surface area contributed by atoms with Gasteiger partial charge in [-0.1, -0.05) is 35.6 Å². The number of carbonyl (C=O) groups is 1. The molecule has 0 fully saturated rings. The first-order valence-corrected chi connectivity index (χ1v) is 14.2. The maximum Gasteiger partial charge on any atom is 0.338 e. The molecule has 1 aliphatic heterocycles. The third-order valence-electron chi connectivity index (χ3n) is 6.61. The number of allylic oxidation sites excluding steroid dienone is 1. The number of nitro groups is 1. The van der Waals surface area contributed by atoms with Crippen LogP contribution in [0.3, 0.4) is 0 Å². The van der Waals surface area contributed by atoms with Crippen molar-refractivity contribution in [2.24, 2.45) is 4.99 Å². The van der Waals surface area contributed by atoms with Gasteiger partial charge in [-0.15, -0.1) is 0 Å². The fourth-order valence-corrected chi connectivity index (χ4v) is 5.89. The maximum absolute atomic E-state index is 14.0. The Morgan fingerprint density at radius 2 is 1.95 bits per heavy atom. The molecule has 0 saturated carbocycles. The lowest BCUT2D eigenvalue weighted by atomic mass is 9.95. The summed E-state index contributed by atoms with van der Waals surface area (Å²) in [5.74, 6) is 0.622. The summed E-state index contributed by atoms with van der Waals surface area (Å²) < 4.78 is 19.2. The predicted molar refractivity (Wildman–Crippen MR) is 158 cm³/mol. The van der Waals surface area contributed by atoms with E-state index < -0.39 is 16.9 Å². The fourth-order valence-electron chi connectivity index (χ4n) is 4.86. The summed E-state index contributed by atoms with van der Waals surface area (Å²) in [5, 5.41) is 11.6. The number of hydrogen-bond acceptors (Lipinski definition) is 9. The minimum atomic E-state index is -0.834. The van der Waals surface area contributed by atoms with Crippen LogP contribution < -0.4 is 19.6 Å². The standard InChI is InChI=1S/C31H29N3O7S/c1-6-39-30(36)27-19(5)32-31-33(28(27)22-9-7-8-10-24(22)40-17(2)3)29(35)26(42-31)16-20-12-14-25(41-20)21-13-11-18(4)15-23(21)34(37)38/h7-17,28H,6H2,1-5H3/b26-16-/t28-/m1/s1. The number of rotatable bonds is 8. The Morgan fingerprint density at radius 3 is 2.67 bits per heavy atom. The highest BCUT2D eigenvalue weighted by molar-refractivity contribution is 7.07. The number of esters is 1. The Hall–Kier alpha value is -4.77. The Balaban J connectivity index is 1.66. The van der Waals surface area contributed by atoms with Crippen LogP contribution in [0.25, 0.3) is 17.4 Å². The van der Waals surface area contributed by atoms with Gasteiger partial charge in [0.25, 0.3) is 11.2 Å². The number of hydrogen-bond donors (Lipinski definition) is 0. The SMILES string of the molecule is CCOC(=O)C1=C(C)N=c2s/c(=C\c3ccc(-c4ccc(C)cc4[N+](=O)[O-])o3)c(=O)n2[C@@H]1c1ccccc1OC(C)C. The molecule has 0 aliphatic carbocycles. The summed E-state index contributed by atoms with van der Waals surface area (Å²) in [7, 11) is 0. The van der Waals surface area contributed by atoms with Gasteiger partial charge in [-0.05, 0) is 64.4 Å². The molecule has 0 unspecified atom stereocenters. The number of fused-ring (bicyclic) bond motifs is 1. The Morgan fingerprint density at radius 1 is 1.19 bits per heavy atom. The van der Waals surface area contributed by atoms with Crippen LogP contribution in [-0.4, -0.2) is 28.2 Å². The van der Waals surface area contributed by atoms with Crippen molar-refractivity contribution >= 4 is 29.1 Å².